The maximum absolute atomic E-state index is 12.0. The molecular weight excluding hydrogens is 306 g/mol. The third-order valence-electron chi connectivity index (χ3n) is 3.96. The van der Waals surface area contributed by atoms with Gasteiger partial charge < -0.3 is 10.6 Å². The van der Waals surface area contributed by atoms with E-state index in [2.05, 4.69) is 15.6 Å². The second-order valence-corrected chi connectivity index (χ2v) is 6.63. The molecule has 1 saturated heterocycles. The lowest BCUT2D eigenvalue weighted by Gasteiger charge is -2.06. The number of rotatable bonds is 6. The minimum Gasteiger partial charge on any atom is -0.316 e. The van der Waals surface area contributed by atoms with Crippen molar-refractivity contribution >= 4 is 34.5 Å². The molecule has 5 heteroatoms. The number of anilines is 1. The van der Waals surface area contributed by atoms with Crippen LogP contribution in [0.4, 0.5) is 5.13 Å². The molecule has 1 unspecified atom stereocenters. The highest BCUT2D eigenvalue weighted by Crippen LogP contribution is 2.19. The van der Waals surface area contributed by atoms with Crippen molar-refractivity contribution in [2.75, 3.05) is 18.4 Å². The average Bonchev–Trinajstić information content (AvgIpc) is 3.24. The molecule has 1 fully saturated rings. The zero-order valence-electron chi connectivity index (χ0n) is 13.0. The van der Waals surface area contributed by atoms with Gasteiger partial charge in [-0.05, 0) is 43.5 Å². The van der Waals surface area contributed by atoms with Gasteiger partial charge in [0.15, 0.2) is 5.13 Å². The Morgan fingerprint density at radius 1 is 1.35 bits per heavy atom. The van der Waals surface area contributed by atoms with E-state index in [-0.39, 0.29) is 5.91 Å². The summed E-state index contributed by atoms with van der Waals surface area (Å²) < 4.78 is 0. The number of nitrogens with one attached hydrogen (secondary N) is 2. The van der Waals surface area contributed by atoms with Crippen LogP contribution in [0.5, 0.6) is 0 Å². The van der Waals surface area contributed by atoms with E-state index in [0.717, 1.165) is 30.8 Å². The van der Waals surface area contributed by atoms with Gasteiger partial charge in [0.25, 0.3) is 0 Å². The van der Waals surface area contributed by atoms with E-state index in [1.807, 2.05) is 47.9 Å². The Bertz CT molecular complexity index is 660. The number of benzene rings is 1. The molecule has 0 aliphatic carbocycles. The molecule has 2 N–H and O–H groups in total. The monoisotopic (exact) mass is 327 g/mol. The molecule has 23 heavy (non-hydrogen) atoms. The molecule has 1 aliphatic rings. The number of hydrogen-bond donors (Lipinski definition) is 2. The normalized spacial score (nSPS) is 17.7. The van der Waals surface area contributed by atoms with E-state index in [0.29, 0.717) is 17.5 Å². The van der Waals surface area contributed by atoms with Crippen LogP contribution in [-0.4, -0.2) is 24.0 Å². The van der Waals surface area contributed by atoms with Crippen molar-refractivity contribution in [3.05, 3.63) is 47.0 Å². The van der Waals surface area contributed by atoms with Crippen molar-refractivity contribution in [2.45, 2.75) is 19.3 Å². The number of amides is 1. The molecule has 0 saturated carbocycles. The van der Waals surface area contributed by atoms with E-state index < -0.39 is 0 Å². The van der Waals surface area contributed by atoms with E-state index in [1.54, 1.807) is 0 Å². The standard InChI is InChI=1S/C18H21N3OS/c22-17(9-7-15-10-11-19-12-15)21-18-20-16(13-23-18)8-6-14-4-2-1-3-5-14/h1-6,8,13,15,19H,7,9-12H2,(H,20,21,22)/b8-6+. The van der Waals surface area contributed by atoms with Crippen molar-refractivity contribution in [2.24, 2.45) is 5.92 Å². The minimum absolute atomic E-state index is 0.0600. The van der Waals surface area contributed by atoms with E-state index in [1.165, 1.54) is 17.8 Å². The third kappa shape index (κ3) is 5.01. The Morgan fingerprint density at radius 2 is 2.22 bits per heavy atom. The highest BCUT2D eigenvalue weighted by atomic mass is 32.1. The molecule has 2 heterocycles. The molecule has 3 rings (SSSR count). The summed E-state index contributed by atoms with van der Waals surface area (Å²) in [5, 5.41) is 8.85. The maximum atomic E-state index is 12.0. The molecule has 0 spiro atoms. The lowest BCUT2D eigenvalue weighted by atomic mass is 10.0. The number of nitrogens with zero attached hydrogens (tertiary/aromatic N) is 1. The van der Waals surface area contributed by atoms with Crippen molar-refractivity contribution < 1.29 is 4.79 Å². The van der Waals surface area contributed by atoms with Crippen LogP contribution in [0.25, 0.3) is 12.2 Å². The van der Waals surface area contributed by atoms with Gasteiger partial charge in [-0.1, -0.05) is 36.4 Å². The predicted molar refractivity (Wildman–Crippen MR) is 96.3 cm³/mol. The van der Waals surface area contributed by atoms with Gasteiger partial charge in [-0.2, -0.15) is 0 Å². The van der Waals surface area contributed by atoms with Crippen LogP contribution >= 0.6 is 11.3 Å². The first-order valence-electron chi connectivity index (χ1n) is 7.99. The average molecular weight is 327 g/mol. The summed E-state index contributed by atoms with van der Waals surface area (Å²) in [4.78, 5) is 16.4. The van der Waals surface area contributed by atoms with Crippen LogP contribution in [0.2, 0.25) is 0 Å². The molecule has 0 radical (unpaired) electrons. The summed E-state index contributed by atoms with van der Waals surface area (Å²) in [6.07, 6.45) is 6.69. The zero-order valence-corrected chi connectivity index (χ0v) is 13.8. The molecule has 2 aromatic rings. The van der Waals surface area contributed by atoms with Gasteiger partial charge in [0.2, 0.25) is 5.91 Å². The van der Waals surface area contributed by atoms with Crippen LogP contribution in [0, 0.1) is 5.92 Å². The summed E-state index contributed by atoms with van der Waals surface area (Å²) in [6.45, 7) is 2.12. The quantitative estimate of drug-likeness (QED) is 0.851. The fraction of sp³-hybridized carbons (Fsp3) is 0.333. The first-order valence-corrected chi connectivity index (χ1v) is 8.87. The van der Waals surface area contributed by atoms with Crippen molar-refractivity contribution in [3.8, 4) is 0 Å². The van der Waals surface area contributed by atoms with E-state index >= 15 is 0 Å². The van der Waals surface area contributed by atoms with Crippen molar-refractivity contribution in [3.63, 3.8) is 0 Å². The first-order chi connectivity index (χ1) is 11.3. The summed E-state index contributed by atoms with van der Waals surface area (Å²) in [7, 11) is 0. The second kappa shape index (κ2) is 8.04. The van der Waals surface area contributed by atoms with Crippen LogP contribution in [0.3, 0.4) is 0 Å². The Balaban J connectivity index is 1.48. The smallest absolute Gasteiger partial charge is 0.226 e. The molecule has 4 nitrogen and oxygen atoms in total. The molecule has 1 aromatic carbocycles. The molecule has 1 aromatic heterocycles. The third-order valence-corrected chi connectivity index (χ3v) is 4.73. The van der Waals surface area contributed by atoms with E-state index in [9.17, 15) is 4.79 Å². The van der Waals surface area contributed by atoms with Gasteiger partial charge in [0.1, 0.15) is 0 Å². The number of carbonyl (C=O) groups is 1. The zero-order chi connectivity index (χ0) is 15.9. The first kappa shape index (κ1) is 15.9. The number of aromatic nitrogens is 1. The minimum atomic E-state index is 0.0600. The molecule has 0 bridgehead atoms. The Labute approximate surface area is 140 Å². The van der Waals surface area contributed by atoms with Crippen molar-refractivity contribution in [1.82, 2.24) is 10.3 Å². The molecular formula is C18H21N3OS. The van der Waals surface area contributed by atoms with Crippen LogP contribution in [-0.2, 0) is 4.79 Å². The second-order valence-electron chi connectivity index (χ2n) is 5.77. The topological polar surface area (TPSA) is 54.0 Å². The lowest BCUT2D eigenvalue weighted by Crippen LogP contribution is -2.14. The van der Waals surface area contributed by atoms with Crippen LogP contribution in [0.15, 0.2) is 35.7 Å². The summed E-state index contributed by atoms with van der Waals surface area (Å²) in [5.74, 6) is 0.700. The Hall–Kier alpha value is -1.98. The number of carbonyl (C=O) groups excluding carboxylic acids is 1. The summed E-state index contributed by atoms with van der Waals surface area (Å²) in [6, 6.07) is 10.1. The van der Waals surface area contributed by atoms with Gasteiger partial charge >= 0.3 is 0 Å². The van der Waals surface area contributed by atoms with Gasteiger partial charge in [0.05, 0.1) is 5.69 Å². The molecule has 1 atom stereocenters. The number of hydrogen-bond acceptors (Lipinski definition) is 4. The van der Waals surface area contributed by atoms with E-state index in [4.69, 9.17) is 0 Å². The van der Waals surface area contributed by atoms with Crippen molar-refractivity contribution in [1.29, 1.82) is 0 Å². The SMILES string of the molecule is O=C(CCC1CCNC1)Nc1nc(/C=C/c2ccccc2)cs1. The maximum Gasteiger partial charge on any atom is 0.226 e. The largest absolute Gasteiger partial charge is 0.316 e. The Morgan fingerprint density at radius 3 is 3.00 bits per heavy atom. The molecule has 1 aliphatic heterocycles. The predicted octanol–water partition coefficient (Wildman–Crippen LogP) is 3.64. The molecule has 1 amide bonds. The number of thiazole rings is 1. The lowest BCUT2D eigenvalue weighted by molar-refractivity contribution is -0.116. The highest BCUT2D eigenvalue weighted by molar-refractivity contribution is 7.14. The van der Waals surface area contributed by atoms with Gasteiger partial charge in [-0.15, -0.1) is 11.3 Å². The summed E-state index contributed by atoms with van der Waals surface area (Å²) >= 11 is 1.46. The molecule has 120 valence electrons. The fourth-order valence-electron chi connectivity index (χ4n) is 2.64. The van der Waals surface area contributed by atoms with Gasteiger partial charge in [0, 0.05) is 11.8 Å². The van der Waals surface area contributed by atoms with Crippen LogP contribution in [0.1, 0.15) is 30.5 Å². The van der Waals surface area contributed by atoms with Gasteiger partial charge in [-0.3, -0.25) is 4.79 Å². The Kier molecular flexibility index (Phi) is 5.56. The summed E-state index contributed by atoms with van der Waals surface area (Å²) in [5.41, 5.74) is 2.01. The van der Waals surface area contributed by atoms with Gasteiger partial charge in [-0.25, -0.2) is 4.98 Å². The fourth-order valence-corrected chi connectivity index (χ4v) is 3.34. The van der Waals surface area contributed by atoms with Crippen LogP contribution < -0.4 is 10.6 Å². The highest BCUT2D eigenvalue weighted by Gasteiger charge is 2.16.